The van der Waals surface area contributed by atoms with Gasteiger partial charge in [0.2, 0.25) is 0 Å². The van der Waals surface area contributed by atoms with Gasteiger partial charge in [0.15, 0.2) is 0 Å². The normalized spacial score (nSPS) is 18.2. The molecule has 0 radical (unpaired) electrons. The third-order valence-corrected chi connectivity index (χ3v) is 5.01. The summed E-state index contributed by atoms with van der Waals surface area (Å²) in [4.78, 5) is 25.3. The Hall–Kier alpha value is -2.50. The van der Waals surface area contributed by atoms with Gasteiger partial charge in [0.05, 0.1) is 0 Å². The van der Waals surface area contributed by atoms with Crippen molar-refractivity contribution >= 4 is 11.7 Å². The Morgan fingerprint density at radius 3 is 2.32 bits per heavy atom. The van der Waals surface area contributed by atoms with Crippen LogP contribution in [0.2, 0.25) is 0 Å². The lowest BCUT2D eigenvalue weighted by molar-refractivity contribution is 0.0712. The highest BCUT2D eigenvalue weighted by molar-refractivity contribution is 5.94. The number of benzene rings is 1. The number of hydrogen-bond acceptors (Lipinski definition) is 4. The number of anilines is 1. The maximum atomic E-state index is 13.0. The van der Waals surface area contributed by atoms with Gasteiger partial charge < -0.3 is 9.80 Å². The van der Waals surface area contributed by atoms with Gasteiger partial charge in [-0.3, -0.25) is 4.79 Å². The van der Waals surface area contributed by atoms with Crippen LogP contribution in [-0.2, 0) is 0 Å². The topological polar surface area (TPSA) is 49.3 Å². The summed E-state index contributed by atoms with van der Waals surface area (Å²) in [7, 11) is 0. The zero-order chi connectivity index (χ0) is 17.2. The number of rotatable bonds is 4. The van der Waals surface area contributed by atoms with Gasteiger partial charge >= 0.3 is 0 Å². The molecule has 0 N–H and O–H groups in total. The molecule has 1 saturated carbocycles. The van der Waals surface area contributed by atoms with Gasteiger partial charge in [-0.1, -0.05) is 0 Å². The molecule has 1 aliphatic carbocycles. The molecule has 1 aromatic carbocycles. The average molecular weight is 340 g/mol. The smallest absolute Gasteiger partial charge is 0.253 e. The van der Waals surface area contributed by atoms with Gasteiger partial charge in [-0.25, -0.2) is 14.4 Å². The summed E-state index contributed by atoms with van der Waals surface area (Å²) >= 11 is 0. The monoisotopic (exact) mass is 340 g/mol. The van der Waals surface area contributed by atoms with E-state index in [1.165, 1.54) is 25.0 Å². The van der Waals surface area contributed by atoms with Crippen molar-refractivity contribution in [1.29, 1.82) is 0 Å². The number of hydrogen-bond donors (Lipinski definition) is 0. The highest BCUT2D eigenvalue weighted by Gasteiger charge is 2.37. The molecule has 0 atom stereocenters. The first-order valence-corrected chi connectivity index (χ1v) is 8.81. The molecule has 2 aromatic rings. The van der Waals surface area contributed by atoms with E-state index >= 15 is 0 Å². The second-order valence-electron chi connectivity index (χ2n) is 6.74. The molecule has 0 unspecified atom stereocenters. The van der Waals surface area contributed by atoms with Crippen molar-refractivity contribution in [1.82, 2.24) is 14.9 Å². The Morgan fingerprint density at radius 1 is 1.04 bits per heavy atom. The Balaban J connectivity index is 1.42. The Bertz CT molecular complexity index is 725. The van der Waals surface area contributed by atoms with Crippen LogP contribution in [0.15, 0.2) is 42.9 Å². The van der Waals surface area contributed by atoms with E-state index in [0.29, 0.717) is 17.6 Å². The quantitative estimate of drug-likeness (QED) is 0.859. The number of halogens is 1. The number of likely N-dealkylation sites (tertiary alicyclic amines) is 1. The van der Waals surface area contributed by atoms with E-state index in [1.807, 2.05) is 11.0 Å². The van der Waals surface area contributed by atoms with Crippen LogP contribution >= 0.6 is 0 Å². The molecule has 2 fully saturated rings. The van der Waals surface area contributed by atoms with Crippen molar-refractivity contribution in [3.05, 3.63) is 54.2 Å². The number of piperidine rings is 1. The van der Waals surface area contributed by atoms with Crippen LogP contribution in [0.4, 0.5) is 10.2 Å². The third kappa shape index (κ3) is 3.48. The minimum absolute atomic E-state index is 0.0153. The predicted molar refractivity (Wildman–Crippen MR) is 92.9 cm³/mol. The summed E-state index contributed by atoms with van der Waals surface area (Å²) in [6, 6.07) is 8.73. The van der Waals surface area contributed by atoms with Crippen LogP contribution in [-0.4, -0.2) is 45.9 Å². The highest BCUT2D eigenvalue weighted by atomic mass is 19.1. The van der Waals surface area contributed by atoms with Gasteiger partial charge in [-0.05, 0) is 56.0 Å². The Labute approximate surface area is 146 Å². The zero-order valence-electron chi connectivity index (χ0n) is 14.0. The van der Waals surface area contributed by atoms with Crippen molar-refractivity contribution in [3.8, 4) is 0 Å². The van der Waals surface area contributed by atoms with E-state index in [1.54, 1.807) is 24.7 Å². The first-order valence-electron chi connectivity index (χ1n) is 8.81. The summed E-state index contributed by atoms with van der Waals surface area (Å²) < 4.78 is 13.0. The van der Waals surface area contributed by atoms with Crippen LogP contribution in [0.5, 0.6) is 0 Å². The minimum atomic E-state index is -0.319. The SMILES string of the molecule is O=C(c1ccc(F)cc1)N1CCC(N(c2ccncn2)C2CC2)CC1. The molecule has 25 heavy (non-hydrogen) atoms. The predicted octanol–water partition coefficient (Wildman–Crippen LogP) is 2.89. The van der Waals surface area contributed by atoms with Crippen LogP contribution in [0, 0.1) is 5.82 Å². The van der Waals surface area contributed by atoms with E-state index < -0.39 is 0 Å². The molecule has 1 saturated heterocycles. The first-order chi connectivity index (χ1) is 12.2. The van der Waals surface area contributed by atoms with Gasteiger partial charge in [0.25, 0.3) is 5.91 Å². The molecule has 6 heteroatoms. The van der Waals surface area contributed by atoms with Crippen LogP contribution in [0.1, 0.15) is 36.0 Å². The van der Waals surface area contributed by atoms with Gasteiger partial charge in [0.1, 0.15) is 18.0 Å². The van der Waals surface area contributed by atoms with Crippen molar-refractivity contribution in [3.63, 3.8) is 0 Å². The van der Waals surface area contributed by atoms with Gasteiger partial charge in [-0.2, -0.15) is 0 Å². The second kappa shape index (κ2) is 6.78. The summed E-state index contributed by atoms with van der Waals surface area (Å²) in [5, 5.41) is 0. The molecule has 1 aromatic heterocycles. The maximum Gasteiger partial charge on any atom is 0.253 e. The summed E-state index contributed by atoms with van der Waals surface area (Å²) in [6.07, 6.45) is 7.64. The lowest BCUT2D eigenvalue weighted by atomic mass is 10.0. The molecule has 0 bridgehead atoms. The molecule has 130 valence electrons. The summed E-state index contributed by atoms with van der Waals surface area (Å²) in [6.45, 7) is 1.43. The molecule has 2 heterocycles. The standard InChI is InChI=1S/C19H21FN4O/c20-15-3-1-14(2-4-15)19(25)23-11-8-17(9-12-23)24(16-5-6-16)18-7-10-21-13-22-18/h1-4,7,10,13,16-17H,5-6,8-9,11-12H2. The van der Waals surface area contributed by atoms with Crippen molar-refractivity contribution in [2.45, 2.75) is 37.8 Å². The van der Waals surface area contributed by atoms with E-state index in [4.69, 9.17) is 0 Å². The van der Waals surface area contributed by atoms with Crippen LogP contribution < -0.4 is 4.90 Å². The Kier molecular flexibility index (Phi) is 4.34. The van der Waals surface area contributed by atoms with E-state index in [9.17, 15) is 9.18 Å². The lowest BCUT2D eigenvalue weighted by Gasteiger charge is -2.39. The van der Waals surface area contributed by atoms with E-state index in [0.717, 1.165) is 31.7 Å². The summed E-state index contributed by atoms with van der Waals surface area (Å²) in [5.74, 6) is 0.652. The molecule has 1 aliphatic heterocycles. The van der Waals surface area contributed by atoms with E-state index in [-0.39, 0.29) is 11.7 Å². The summed E-state index contributed by atoms with van der Waals surface area (Å²) in [5.41, 5.74) is 0.551. The van der Waals surface area contributed by atoms with Gasteiger partial charge in [0, 0.05) is 36.9 Å². The molecule has 4 rings (SSSR count). The fourth-order valence-corrected chi connectivity index (χ4v) is 3.58. The second-order valence-corrected chi connectivity index (χ2v) is 6.74. The maximum absolute atomic E-state index is 13.0. The third-order valence-electron chi connectivity index (χ3n) is 5.01. The molecule has 5 nitrogen and oxygen atoms in total. The van der Waals surface area contributed by atoms with Crippen LogP contribution in [0.3, 0.4) is 0 Å². The van der Waals surface area contributed by atoms with E-state index in [2.05, 4.69) is 14.9 Å². The number of carbonyl (C=O) groups excluding carboxylic acids is 1. The van der Waals surface area contributed by atoms with Crippen molar-refractivity contribution in [2.75, 3.05) is 18.0 Å². The molecular formula is C19H21FN4O. The first kappa shape index (κ1) is 16.0. The van der Waals surface area contributed by atoms with Gasteiger partial charge in [-0.15, -0.1) is 0 Å². The molecular weight excluding hydrogens is 319 g/mol. The highest BCUT2D eigenvalue weighted by Crippen LogP contribution is 2.35. The fraction of sp³-hybridized carbons (Fsp3) is 0.421. The lowest BCUT2D eigenvalue weighted by Crippen LogP contribution is -2.48. The molecule has 0 spiro atoms. The largest absolute Gasteiger partial charge is 0.350 e. The molecule has 1 amide bonds. The zero-order valence-corrected chi connectivity index (χ0v) is 14.0. The number of carbonyl (C=O) groups is 1. The Morgan fingerprint density at radius 2 is 1.72 bits per heavy atom. The van der Waals surface area contributed by atoms with Crippen molar-refractivity contribution < 1.29 is 9.18 Å². The minimum Gasteiger partial charge on any atom is -0.350 e. The van der Waals surface area contributed by atoms with Crippen molar-refractivity contribution in [2.24, 2.45) is 0 Å². The molecule has 2 aliphatic rings. The van der Waals surface area contributed by atoms with Crippen LogP contribution in [0.25, 0.3) is 0 Å². The fourth-order valence-electron chi connectivity index (χ4n) is 3.58. The average Bonchev–Trinajstić information content (AvgIpc) is 3.48. The number of nitrogens with zero attached hydrogens (tertiary/aromatic N) is 4. The number of amides is 1. The number of aromatic nitrogens is 2.